The third kappa shape index (κ3) is 3.93. The molecule has 142 valence electrons. The van der Waals surface area contributed by atoms with Crippen molar-refractivity contribution < 1.29 is 19.4 Å². The fourth-order valence-electron chi connectivity index (χ4n) is 2.90. The number of imidazole rings is 1. The number of ether oxygens (including phenoxy) is 2. The number of aliphatic carboxylic acids is 1. The predicted octanol–water partition coefficient (Wildman–Crippen LogP) is 3.95. The van der Waals surface area contributed by atoms with Crippen molar-refractivity contribution in [2.75, 3.05) is 26.1 Å². The second-order valence-corrected chi connectivity index (χ2v) is 6.29. The molecule has 0 fully saturated rings. The molecule has 0 bridgehead atoms. The van der Waals surface area contributed by atoms with Gasteiger partial charge in [0.05, 0.1) is 19.2 Å². The predicted molar refractivity (Wildman–Crippen MR) is 104 cm³/mol. The van der Waals surface area contributed by atoms with Gasteiger partial charge in [0.2, 0.25) is 0 Å². The highest BCUT2D eigenvalue weighted by Crippen LogP contribution is 2.40. The van der Waals surface area contributed by atoms with Crippen molar-refractivity contribution in [1.82, 2.24) is 9.38 Å². The highest BCUT2D eigenvalue weighted by molar-refractivity contribution is 6.30. The molecule has 0 atom stereocenters. The first-order valence-electron chi connectivity index (χ1n) is 8.39. The number of halogens is 1. The lowest BCUT2D eigenvalue weighted by molar-refractivity contribution is -0.137. The summed E-state index contributed by atoms with van der Waals surface area (Å²) < 4.78 is 12.8. The summed E-state index contributed by atoms with van der Waals surface area (Å²) in [5, 5.41) is 12.7. The Bertz CT molecular complexity index is 971. The second kappa shape index (κ2) is 8.18. The van der Waals surface area contributed by atoms with Crippen LogP contribution in [0.25, 0.3) is 16.9 Å². The summed E-state index contributed by atoms with van der Waals surface area (Å²) in [6, 6.07) is 9.16. The molecule has 8 heteroatoms. The number of fused-ring (bicyclic) bond motifs is 1. The molecule has 0 saturated heterocycles. The number of pyridine rings is 1. The molecular formula is C19H20ClN3O4. The zero-order valence-electron chi connectivity index (χ0n) is 15.0. The van der Waals surface area contributed by atoms with Crippen molar-refractivity contribution in [3.8, 4) is 22.8 Å². The lowest BCUT2D eigenvalue weighted by Gasteiger charge is -2.13. The molecule has 3 aromatic rings. The van der Waals surface area contributed by atoms with Gasteiger partial charge < -0.3 is 19.9 Å². The highest BCUT2D eigenvalue weighted by atomic mass is 35.5. The largest absolute Gasteiger partial charge is 0.493 e. The molecule has 7 nitrogen and oxygen atoms in total. The number of nitrogens with zero attached hydrogens (tertiary/aromatic N) is 2. The maximum absolute atomic E-state index is 10.8. The van der Waals surface area contributed by atoms with E-state index in [0.717, 1.165) is 5.56 Å². The third-order valence-corrected chi connectivity index (χ3v) is 4.32. The highest BCUT2D eigenvalue weighted by Gasteiger charge is 2.20. The number of carbonyl (C=O) groups is 1. The van der Waals surface area contributed by atoms with Crippen molar-refractivity contribution in [1.29, 1.82) is 0 Å². The molecule has 3 rings (SSSR count). The molecule has 2 aromatic heterocycles. The molecule has 0 aliphatic rings. The van der Waals surface area contributed by atoms with E-state index in [9.17, 15) is 4.79 Å². The van der Waals surface area contributed by atoms with Crippen LogP contribution in [0.5, 0.6) is 11.5 Å². The van der Waals surface area contributed by atoms with Gasteiger partial charge in [-0.2, -0.15) is 0 Å². The molecule has 2 N–H and O–H groups in total. The van der Waals surface area contributed by atoms with Gasteiger partial charge in [-0.25, -0.2) is 4.98 Å². The molecule has 0 aliphatic carbocycles. The van der Waals surface area contributed by atoms with Crippen LogP contribution >= 0.6 is 11.6 Å². The van der Waals surface area contributed by atoms with Gasteiger partial charge in [0.15, 0.2) is 11.5 Å². The number of methoxy groups -OCH3 is 2. The Kier molecular flexibility index (Phi) is 5.71. The Hall–Kier alpha value is -2.93. The van der Waals surface area contributed by atoms with E-state index in [2.05, 4.69) is 5.32 Å². The summed E-state index contributed by atoms with van der Waals surface area (Å²) in [6.07, 6.45) is 2.33. The Balaban J connectivity index is 2.09. The lowest BCUT2D eigenvalue weighted by atomic mass is 10.1. The first-order chi connectivity index (χ1) is 13.0. The van der Waals surface area contributed by atoms with Crippen LogP contribution in [0.15, 0.2) is 36.5 Å². The average molecular weight is 390 g/mol. The smallest absolute Gasteiger partial charge is 0.303 e. The molecule has 0 aliphatic heterocycles. The van der Waals surface area contributed by atoms with Crippen LogP contribution < -0.4 is 14.8 Å². The number of aromatic nitrogens is 2. The van der Waals surface area contributed by atoms with Gasteiger partial charge in [0, 0.05) is 24.7 Å². The van der Waals surface area contributed by atoms with Crippen LogP contribution in [-0.4, -0.2) is 41.2 Å². The van der Waals surface area contributed by atoms with E-state index in [0.29, 0.717) is 46.6 Å². The zero-order chi connectivity index (χ0) is 19.4. The number of hydrogen-bond acceptors (Lipinski definition) is 5. The summed E-state index contributed by atoms with van der Waals surface area (Å²) in [6.45, 7) is 0.478. The topological polar surface area (TPSA) is 85.1 Å². The Morgan fingerprint density at radius 1 is 1.26 bits per heavy atom. The van der Waals surface area contributed by atoms with Gasteiger partial charge in [-0.1, -0.05) is 17.7 Å². The number of hydrogen-bond donors (Lipinski definition) is 2. The Morgan fingerprint density at radius 2 is 2.07 bits per heavy atom. The summed E-state index contributed by atoms with van der Waals surface area (Å²) in [4.78, 5) is 15.5. The molecule has 0 amide bonds. The number of para-hydroxylation sites is 1. The van der Waals surface area contributed by atoms with E-state index >= 15 is 0 Å². The monoisotopic (exact) mass is 389 g/mol. The first-order valence-corrected chi connectivity index (χ1v) is 8.77. The zero-order valence-corrected chi connectivity index (χ0v) is 15.8. The number of anilines is 1. The number of rotatable bonds is 8. The molecule has 0 unspecified atom stereocenters. The summed E-state index contributed by atoms with van der Waals surface area (Å²) in [5.41, 5.74) is 2.14. The van der Waals surface area contributed by atoms with E-state index in [1.54, 1.807) is 26.5 Å². The van der Waals surface area contributed by atoms with Crippen LogP contribution in [0.4, 0.5) is 5.82 Å². The molecular weight excluding hydrogens is 370 g/mol. The number of benzene rings is 1. The molecule has 27 heavy (non-hydrogen) atoms. The summed E-state index contributed by atoms with van der Waals surface area (Å²) in [7, 11) is 3.16. The van der Waals surface area contributed by atoms with Gasteiger partial charge in [-0.15, -0.1) is 0 Å². The quantitative estimate of drug-likeness (QED) is 0.567. The van der Waals surface area contributed by atoms with Gasteiger partial charge >= 0.3 is 5.97 Å². The molecule has 2 heterocycles. The van der Waals surface area contributed by atoms with Gasteiger partial charge in [-0.05, 0) is 30.7 Å². The van der Waals surface area contributed by atoms with Gasteiger partial charge in [0.1, 0.15) is 17.2 Å². The maximum atomic E-state index is 10.8. The average Bonchev–Trinajstić information content (AvgIpc) is 3.01. The van der Waals surface area contributed by atoms with Crippen molar-refractivity contribution in [2.24, 2.45) is 0 Å². The molecule has 0 radical (unpaired) electrons. The maximum Gasteiger partial charge on any atom is 0.303 e. The van der Waals surface area contributed by atoms with Crippen LogP contribution in [0.2, 0.25) is 5.02 Å². The van der Waals surface area contributed by atoms with E-state index in [4.69, 9.17) is 31.2 Å². The number of carboxylic acid groups (broad SMARTS) is 1. The third-order valence-electron chi connectivity index (χ3n) is 4.10. The van der Waals surface area contributed by atoms with E-state index in [1.807, 2.05) is 28.7 Å². The van der Waals surface area contributed by atoms with Crippen molar-refractivity contribution in [2.45, 2.75) is 12.8 Å². The number of nitrogens with one attached hydrogen (secondary N) is 1. The minimum absolute atomic E-state index is 0.0856. The van der Waals surface area contributed by atoms with E-state index in [-0.39, 0.29) is 6.42 Å². The second-order valence-electron chi connectivity index (χ2n) is 5.85. The van der Waals surface area contributed by atoms with Crippen LogP contribution in [0.1, 0.15) is 12.8 Å². The van der Waals surface area contributed by atoms with Crippen LogP contribution in [0.3, 0.4) is 0 Å². The van der Waals surface area contributed by atoms with Crippen LogP contribution in [-0.2, 0) is 4.79 Å². The summed E-state index contributed by atoms with van der Waals surface area (Å²) >= 11 is 6.16. The fraction of sp³-hybridized carbons (Fsp3) is 0.263. The van der Waals surface area contributed by atoms with E-state index < -0.39 is 5.97 Å². The van der Waals surface area contributed by atoms with Crippen molar-refractivity contribution >= 4 is 29.0 Å². The molecule has 0 spiro atoms. The first kappa shape index (κ1) is 18.8. The van der Waals surface area contributed by atoms with E-state index in [1.165, 1.54) is 0 Å². The van der Waals surface area contributed by atoms with Crippen molar-refractivity contribution in [3.63, 3.8) is 0 Å². The molecule has 0 saturated carbocycles. The Morgan fingerprint density at radius 3 is 2.78 bits per heavy atom. The van der Waals surface area contributed by atoms with Gasteiger partial charge in [-0.3, -0.25) is 9.20 Å². The Labute approximate surface area is 161 Å². The summed E-state index contributed by atoms with van der Waals surface area (Å²) in [5.74, 6) is 1.06. The fourth-order valence-corrected chi connectivity index (χ4v) is 3.06. The number of carboxylic acids is 1. The molecule has 1 aromatic carbocycles. The van der Waals surface area contributed by atoms with Gasteiger partial charge in [0.25, 0.3) is 0 Å². The van der Waals surface area contributed by atoms with Crippen LogP contribution in [0, 0.1) is 0 Å². The van der Waals surface area contributed by atoms with Crippen molar-refractivity contribution in [3.05, 3.63) is 41.6 Å². The lowest BCUT2D eigenvalue weighted by Crippen LogP contribution is -2.07. The minimum atomic E-state index is -0.826. The SMILES string of the molecule is COc1cccc(-c2nc3ccc(Cl)cn3c2NCCCC(=O)O)c1OC. The standard InChI is InChI=1S/C19H20ClN3O4/c1-26-14-6-3-5-13(18(14)27-2)17-19(21-10-4-7-16(24)25)23-11-12(20)8-9-15(23)22-17/h3,5-6,8-9,11,21H,4,7,10H2,1-2H3,(H,24,25). The normalized spacial score (nSPS) is 10.8. The minimum Gasteiger partial charge on any atom is -0.493 e.